The number of hydrogen-bond donors (Lipinski definition) is 0. The molecule has 2 unspecified atom stereocenters. The summed E-state index contributed by atoms with van der Waals surface area (Å²) in [5.74, 6) is 1.52. The molecule has 1 rings (SSSR count). The van der Waals surface area contributed by atoms with Gasteiger partial charge in [0.05, 0.1) is 0 Å². The molecule has 0 heterocycles. The Morgan fingerprint density at radius 1 is 1.36 bits per heavy atom. The molecule has 0 spiro atoms. The molecule has 1 aliphatic carbocycles. The maximum absolute atomic E-state index is 4.11. The number of hydrogen-bond acceptors (Lipinski definition) is 0. The third-order valence-electron chi connectivity index (χ3n) is 3.72. The summed E-state index contributed by atoms with van der Waals surface area (Å²) >= 11 is 0. The lowest BCUT2D eigenvalue weighted by Crippen LogP contribution is -2.32. The van der Waals surface area contributed by atoms with Gasteiger partial charge in [-0.25, -0.2) is 0 Å². The van der Waals surface area contributed by atoms with E-state index >= 15 is 0 Å². The van der Waals surface area contributed by atoms with Crippen molar-refractivity contribution in [1.29, 1.82) is 0 Å². The normalized spacial score (nSPS) is 37.3. The van der Waals surface area contributed by atoms with E-state index in [1.54, 1.807) is 0 Å². The minimum Gasteiger partial charge on any atom is -0.0996 e. The van der Waals surface area contributed by atoms with Crippen LogP contribution in [0.1, 0.15) is 40.5 Å². The first-order valence-corrected chi connectivity index (χ1v) is 4.63. The summed E-state index contributed by atoms with van der Waals surface area (Å²) in [6.07, 6.45) is 2.55. The first-order valence-electron chi connectivity index (χ1n) is 4.63. The Kier molecular flexibility index (Phi) is 2.13. The van der Waals surface area contributed by atoms with E-state index in [2.05, 4.69) is 34.3 Å². The van der Waals surface area contributed by atoms with Gasteiger partial charge < -0.3 is 0 Å². The van der Waals surface area contributed by atoms with Crippen LogP contribution < -0.4 is 0 Å². The lowest BCUT2D eigenvalue weighted by Gasteiger charge is -2.42. The largest absolute Gasteiger partial charge is 0.0996 e. The zero-order chi connectivity index (χ0) is 8.65. The topological polar surface area (TPSA) is 0 Å². The van der Waals surface area contributed by atoms with E-state index in [0.29, 0.717) is 5.41 Å². The van der Waals surface area contributed by atoms with Gasteiger partial charge in [-0.05, 0) is 30.1 Å². The molecule has 0 aromatic heterocycles. The fraction of sp³-hybridized carbons (Fsp3) is 0.818. The van der Waals surface area contributed by atoms with E-state index in [0.717, 1.165) is 11.8 Å². The summed E-state index contributed by atoms with van der Waals surface area (Å²) in [7, 11) is 0. The van der Waals surface area contributed by atoms with Crippen molar-refractivity contribution in [3.05, 3.63) is 12.2 Å². The van der Waals surface area contributed by atoms with Crippen LogP contribution in [0.5, 0.6) is 0 Å². The second-order valence-electron chi connectivity index (χ2n) is 4.72. The lowest BCUT2D eigenvalue weighted by atomic mass is 9.63. The molecule has 2 atom stereocenters. The van der Waals surface area contributed by atoms with Crippen LogP contribution in [0.15, 0.2) is 12.2 Å². The van der Waals surface area contributed by atoms with E-state index in [1.807, 2.05) is 0 Å². The lowest BCUT2D eigenvalue weighted by molar-refractivity contribution is 0.137. The summed E-state index contributed by atoms with van der Waals surface area (Å²) < 4.78 is 0. The predicted molar refractivity (Wildman–Crippen MR) is 50.5 cm³/mol. The highest BCUT2D eigenvalue weighted by molar-refractivity contribution is 5.07. The van der Waals surface area contributed by atoms with Crippen molar-refractivity contribution in [2.24, 2.45) is 17.3 Å². The van der Waals surface area contributed by atoms with Crippen LogP contribution in [0.4, 0.5) is 0 Å². The van der Waals surface area contributed by atoms with Crippen molar-refractivity contribution < 1.29 is 0 Å². The molecule has 0 nitrogen and oxygen atoms in total. The van der Waals surface area contributed by atoms with Crippen LogP contribution in [-0.2, 0) is 0 Å². The number of rotatable bonds is 0. The van der Waals surface area contributed by atoms with Crippen molar-refractivity contribution in [1.82, 2.24) is 0 Å². The monoisotopic (exact) mass is 152 g/mol. The SMILES string of the molecule is C=C1CCC(C)(C)C(C)C1C. The third-order valence-corrected chi connectivity index (χ3v) is 3.72. The highest BCUT2D eigenvalue weighted by Gasteiger charge is 2.34. The highest BCUT2D eigenvalue weighted by atomic mass is 14.4. The van der Waals surface area contributed by atoms with Crippen LogP contribution in [0.2, 0.25) is 0 Å². The molecular weight excluding hydrogens is 132 g/mol. The molecule has 1 aliphatic rings. The van der Waals surface area contributed by atoms with Crippen molar-refractivity contribution in [3.63, 3.8) is 0 Å². The standard InChI is InChI=1S/C11H20/c1-8-6-7-11(4,5)10(3)9(8)2/h9-10H,1,6-7H2,2-5H3. The molecule has 0 aromatic rings. The van der Waals surface area contributed by atoms with Crippen molar-refractivity contribution in [3.8, 4) is 0 Å². The van der Waals surface area contributed by atoms with Gasteiger partial charge in [0.15, 0.2) is 0 Å². The Hall–Kier alpha value is -0.260. The zero-order valence-corrected chi connectivity index (χ0v) is 8.28. The average Bonchev–Trinajstić information content (AvgIpc) is 1.95. The average molecular weight is 152 g/mol. The van der Waals surface area contributed by atoms with Crippen LogP contribution in [0.3, 0.4) is 0 Å². The molecule has 0 N–H and O–H groups in total. The maximum Gasteiger partial charge on any atom is -0.0204 e. The molecule has 1 fully saturated rings. The van der Waals surface area contributed by atoms with Crippen LogP contribution in [0, 0.1) is 17.3 Å². The summed E-state index contributed by atoms with van der Waals surface area (Å²) in [6, 6.07) is 0. The smallest absolute Gasteiger partial charge is 0.0204 e. The first kappa shape index (κ1) is 8.83. The van der Waals surface area contributed by atoms with Gasteiger partial charge in [0.25, 0.3) is 0 Å². The third kappa shape index (κ3) is 1.50. The van der Waals surface area contributed by atoms with Gasteiger partial charge in [-0.3, -0.25) is 0 Å². The Balaban J connectivity index is 2.75. The van der Waals surface area contributed by atoms with Gasteiger partial charge in [-0.1, -0.05) is 39.8 Å². The minimum atomic E-state index is 0.528. The second kappa shape index (κ2) is 2.66. The number of allylic oxidation sites excluding steroid dienone is 1. The Labute approximate surface area is 70.7 Å². The van der Waals surface area contributed by atoms with Gasteiger partial charge in [0, 0.05) is 0 Å². The zero-order valence-electron chi connectivity index (χ0n) is 8.28. The molecule has 0 amide bonds. The molecule has 0 radical (unpaired) electrons. The van der Waals surface area contributed by atoms with Gasteiger partial charge in [-0.2, -0.15) is 0 Å². The van der Waals surface area contributed by atoms with Crippen LogP contribution in [-0.4, -0.2) is 0 Å². The quantitative estimate of drug-likeness (QED) is 0.465. The van der Waals surface area contributed by atoms with E-state index in [1.165, 1.54) is 18.4 Å². The van der Waals surface area contributed by atoms with E-state index in [4.69, 9.17) is 0 Å². The Morgan fingerprint density at radius 2 is 1.91 bits per heavy atom. The molecule has 64 valence electrons. The minimum absolute atomic E-state index is 0.528. The summed E-state index contributed by atoms with van der Waals surface area (Å²) in [4.78, 5) is 0. The van der Waals surface area contributed by atoms with E-state index in [-0.39, 0.29) is 0 Å². The molecule has 11 heavy (non-hydrogen) atoms. The summed E-state index contributed by atoms with van der Waals surface area (Å²) in [5.41, 5.74) is 1.98. The van der Waals surface area contributed by atoms with Gasteiger partial charge >= 0.3 is 0 Å². The second-order valence-corrected chi connectivity index (χ2v) is 4.72. The van der Waals surface area contributed by atoms with Crippen molar-refractivity contribution in [2.45, 2.75) is 40.5 Å². The Morgan fingerprint density at radius 3 is 2.36 bits per heavy atom. The van der Waals surface area contributed by atoms with Crippen LogP contribution >= 0.6 is 0 Å². The summed E-state index contributed by atoms with van der Waals surface area (Å²) in [6.45, 7) is 13.5. The molecule has 0 saturated heterocycles. The van der Waals surface area contributed by atoms with Gasteiger partial charge in [0.1, 0.15) is 0 Å². The van der Waals surface area contributed by atoms with Gasteiger partial charge in [-0.15, -0.1) is 0 Å². The van der Waals surface area contributed by atoms with Crippen LogP contribution in [0.25, 0.3) is 0 Å². The van der Waals surface area contributed by atoms with Crippen molar-refractivity contribution in [2.75, 3.05) is 0 Å². The van der Waals surface area contributed by atoms with Gasteiger partial charge in [0.2, 0.25) is 0 Å². The molecule has 0 aliphatic heterocycles. The molecule has 0 bridgehead atoms. The van der Waals surface area contributed by atoms with E-state index < -0.39 is 0 Å². The van der Waals surface area contributed by atoms with Crippen molar-refractivity contribution >= 4 is 0 Å². The first-order chi connectivity index (χ1) is 4.95. The summed E-state index contributed by atoms with van der Waals surface area (Å²) in [5, 5.41) is 0. The molecule has 0 aromatic carbocycles. The predicted octanol–water partition coefficient (Wildman–Crippen LogP) is 3.63. The fourth-order valence-electron chi connectivity index (χ4n) is 1.97. The molecule has 0 heteroatoms. The maximum atomic E-state index is 4.11. The highest BCUT2D eigenvalue weighted by Crippen LogP contribution is 2.45. The Bertz CT molecular complexity index is 165. The fourth-order valence-corrected chi connectivity index (χ4v) is 1.97. The molecular formula is C11H20. The molecule has 1 saturated carbocycles. The van der Waals surface area contributed by atoms with E-state index in [9.17, 15) is 0 Å².